The van der Waals surface area contributed by atoms with Crippen molar-refractivity contribution in [3.63, 3.8) is 0 Å². The summed E-state index contributed by atoms with van der Waals surface area (Å²) in [6.07, 6.45) is 3.42. The van der Waals surface area contributed by atoms with Crippen molar-refractivity contribution in [3.05, 3.63) is 59.7 Å². The fraction of sp³-hybridized carbons (Fsp3) is 0.409. The van der Waals surface area contributed by atoms with E-state index in [4.69, 9.17) is 4.74 Å². The second-order valence-electron chi connectivity index (χ2n) is 7.01. The van der Waals surface area contributed by atoms with E-state index in [1.807, 2.05) is 18.2 Å². The van der Waals surface area contributed by atoms with Gasteiger partial charge in [0.2, 0.25) is 5.91 Å². The molecule has 1 N–H and O–H groups in total. The summed E-state index contributed by atoms with van der Waals surface area (Å²) in [5.74, 6) is 1.03. The van der Waals surface area contributed by atoms with Gasteiger partial charge in [0.1, 0.15) is 5.75 Å². The van der Waals surface area contributed by atoms with Crippen LogP contribution in [0.5, 0.6) is 5.75 Å². The van der Waals surface area contributed by atoms with E-state index in [-0.39, 0.29) is 11.9 Å². The Hall–Kier alpha value is -2.49. The summed E-state index contributed by atoms with van der Waals surface area (Å²) < 4.78 is 5.48. The highest BCUT2D eigenvalue weighted by Crippen LogP contribution is 2.29. The monoisotopic (exact) mass is 352 g/mol. The van der Waals surface area contributed by atoms with Gasteiger partial charge in [0, 0.05) is 25.6 Å². The molecule has 0 bridgehead atoms. The number of ether oxygens (including phenoxy) is 1. The lowest BCUT2D eigenvalue weighted by atomic mass is 10.0. The molecule has 0 aliphatic carbocycles. The third-order valence-corrected chi connectivity index (χ3v) is 4.94. The average molecular weight is 352 g/mol. The molecule has 1 atom stereocenters. The number of nitrogens with one attached hydrogen (secondary N) is 1. The lowest BCUT2D eigenvalue weighted by Crippen LogP contribution is -2.48. The molecule has 26 heavy (non-hydrogen) atoms. The van der Waals surface area contributed by atoms with Crippen LogP contribution in [0, 0.1) is 6.92 Å². The van der Waals surface area contributed by atoms with Crippen LogP contribution in [-0.2, 0) is 11.2 Å². The van der Waals surface area contributed by atoms with Crippen LogP contribution in [0.25, 0.3) is 0 Å². The van der Waals surface area contributed by atoms with Crippen LogP contribution in [0.3, 0.4) is 0 Å². The molecule has 1 unspecified atom stereocenters. The lowest BCUT2D eigenvalue weighted by Gasteiger charge is -2.35. The van der Waals surface area contributed by atoms with E-state index in [0.29, 0.717) is 6.42 Å². The molecule has 2 aromatic carbocycles. The van der Waals surface area contributed by atoms with Gasteiger partial charge in [0.05, 0.1) is 12.8 Å². The average Bonchev–Trinajstić information content (AvgIpc) is 2.66. The number of aryl methyl sites for hydroxylation is 2. The number of hydrogen-bond acceptors (Lipinski definition) is 3. The Bertz CT molecular complexity index is 744. The van der Waals surface area contributed by atoms with Crippen LogP contribution in [0.2, 0.25) is 0 Å². The topological polar surface area (TPSA) is 41.6 Å². The molecule has 1 fully saturated rings. The zero-order valence-corrected chi connectivity index (χ0v) is 15.7. The largest absolute Gasteiger partial charge is 0.495 e. The Kier molecular flexibility index (Phi) is 6.16. The predicted octanol–water partition coefficient (Wildman–Crippen LogP) is 3.72. The zero-order chi connectivity index (χ0) is 18.4. The van der Waals surface area contributed by atoms with Crippen molar-refractivity contribution in [2.75, 3.05) is 25.1 Å². The van der Waals surface area contributed by atoms with Crippen molar-refractivity contribution >= 4 is 11.6 Å². The molecule has 0 saturated carbocycles. The summed E-state index contributed by atoms with van der Waals surface area (Å²) in [5, 5.41) is 3.22. The maximum atomic E-state index is 12.4. The molecule has 3 rings (SSSR count). The number of anilines is 1. The minimum absolute atomic E-state index is 0.137. The number of para-hydroxylation sites is 2. The maximum Gasteiger partial charge on any atom is 0.220 e. The summed E-state index contributed by atoms with van der Waals surface area (Å²) in [4.78, 5) is 14.7. The van der Waals surface area contributed by atoms with Gasteiger partial charge in [-0.1, -0.05) is 42.0 Å². The number of hydrogen-bond donors (Lipinski definition) is 1. The van der Waals surface area contributed by atoms with Gasteiger partial charge in [-0.3, -0.25) is 4.79 Å². The van der Waals surface area contributed by atoms with Crippen LogP contribution >= 0.6 is 0 Å². The first-order valence-corrected chi connectivity index (χ1v) is 9.38. The number of benzene rings is 2. The standard InChI is InChI=1S/C22H28N2O2/c1-17-7-5-8-18(15-17)12-13-22(25)23-19-9-6-14-24(16-19)20-10-3-4-11-21(20)26-2/h3-5,7-8,10-11,15,19H,6,9,12-14,16H2,1-2H3,(H,23,25). The zero-order valence-electron chi connectivity index (χ0n) is 15.7. The molecule has 4 nitrogen and oxygen atoms in total. The normalized spacial score (nSPS) is 17.0. The van der Waals surface area contributed by atoms with Crippen LogP contribution < -0.4 is 15.0 Å². The number of carbonyl (C=O) groups is 1. The quantitative estimate of drug-likeness (QED) is 0.861. The molecule has 0 spiro atoms. The Morgan fingerprint density at radius 1 is 1.23 bits per heavy atom. The minimum Gasteiger partial charge on any atom is -0.495 e. The Balaban J connectivity index is 1.54. The van der Waals surface area contributed by atoms with Crippen LogP contribution in [0.1, 0.15) is 30.4 Å². The van der Waals surface area contributed by atoms with Gasteiger partial charge in [-0.2, -0.15) is 0 Å². The molecule has 0 aromatic heterocycles. The Morgan fingerprint density at radius 2 is 2.08 bits per heavy atom. The maximum absolute atomic E-state index is 12.4. The second kappa shape index (κ2) is 8.75. The van der Waals surface area contributed by atoms with E-state index in [1.165, 1.54) is 11.1 Å². The van der Waals surface area contributed by atoms with Gasteiger partial charge < -0.3 is 15.0 Å². The van der Waals surface area contributed by atoms with Gasteiger partial charge in [-0.15, -0.1) is 0 Å². The molecule has 1 amide bonds. The van der Waals surface area contributed by atoms with Crippen molar-refractivity contribution in [2.45, 2.75) is 38.6 Å². The van der Waals surface area contributed by atoms with E-state index in [0.717, 1.165) is 43.8 Å². The van der Waals surface area contributed by atoms with Crippen molar-refractivity contribution in [1.82, 2.24) is 5.32 Å². The molecular weight excluding hydrogens is 324 g/mol. The van der Waals surface area contributed by atoms with E-state index in [2.05, 4.69) is 47.5 Å². The summed E-state index contributed by atoms with van der Waals surface area (Å²) in [5.41, 5.74) is 3.57. The van der Waals surface area contributed by atoms with Gasteiger partial charge in [0.15, 0.2) is 0 Å². The first kappa shape index (κ1) is 18.3. The molecule has 1 aliphatic heterocycles. The fourth-order valence-corrected chi connectivity index (χ4v) is 3.63. The van der Waals surface area contributed by atoms with Gasteiger partial charge in [-0.05, 0) is 43.9 Å². The Morgan fingerprint density at radius 3 is 2.88 bits per heavy atom. The van der Waals surface area contributed by atoms with Crippen molar-refractivity contribution in [3.8, 4) is 5.75 Å². The lowest BCUT2D eigenvalue weighted by molar-refractivity contribution is -0.121. The number of amides is 1. The van der Waals surface area contributed by atoms with Crippen LogP contribution in [0.4, 0.5) is 5.69 Å². The van der Waals surface area contributed by atoms with Gasteiger partial charge in [-0.25, -0.2) is 0 Å². The SMILES string of the molecule is COc1ccccc1N1CCCC(NC(=O)CCc2cccc(C)c2)C1. The van der Waals surface area contributed by atoms with Crippen LogP contribution in [0.15, 0.2) is 48.5 Å². The highest BCUT2D eigenvalue weighted by Gasteiger charge is 2.23. The predicted molar refractivity (Wildman–Crippen MR) is 106 cm³/mol. The number of carbonyl (C=O) groups excluding carboxylic acids is 1. The molecular formula is C22H28N2O2. The van der Waals surface area contributed by atoms with E-state index >= 15 is 0 Å². The third-order valence-electron chi connectivity index (χ3n) is 4.94. The highest BCUT2D eigenvalue weighted by atomic mass is 16.5. The molecule has 1 saturated heterocycles. The molecule has 4 heteroatoms. The smallest absolute Gasteiger partial charge is 0.220 e. The highest BCUT2D eigenvalue weighted by molar-refractivity contribution is 5.76. The first-order valence-electron chi connectivity index (χ1n) is 9.38. The molecule has 138 valence electrons. The summed E-state index contributed by atoms with van der Waals surface area (Å²) in [6, 6.07) is 16.6. The molecule has 2 aromatic rings. The first-order chi connectivity index (χ1) is 12.7. The van der Waals surface area contributed by atoms with Crippen molar-refractivity contribution in [1.29, 1.82) is 0 Å². The summed E-state index contributed by atoms with van der Waals surface area (Å²) in [6.45, 7) is 3.91. The van der Waals surface area contributed by atoms with Crippen LogP contribution in [-0.4, -0.2) is 32.1 Å². The summed E-state index contributed by atoms with van der Waals surface area (Å²) >= 11 is 0. The molecule has 1 aliphatic rings. The molecule has 0 radical (unpaired) electrons. The van der Waals surface area contributed by atoms with Gasteiger partial charge >= 0.3 is 0 Å². The second-order valence-corrected chi connectivity index (χ2v) is 7.01. The van der Waals surface area contributed by atoms with Crippen molar-refractivity contribution in [2.24, 2.45) is 0 Å². The Labute approximate surface area is 156 Å². The van der Waals surface area contributed by atoms with Crippen molar-refractivity contribution < 1.29 is 9.53 Å². The fourth-order valence-electron chi connectivity index (χ4n) is 3.63. The number of methoxy groups -OCH3 is 1. The number of nitrogens with zero attached hydrogens (tertiary/aromatic N) is 1. The van der Waals surface area contributed by atoms with E-state index < -0.39 is 0 Å². The minimum atomic E-state index is 0.137. The number of piperidine rings is 1. The summed E-state index contributed by atoms with van der Waals surface area (Å²) in [7, 11) is 1.70. The number of rotatable bonds is 6. The van der Waals surface area contributed by atoms with Gasteiger partial charge in [0.25, 0.3) is 0 Å². The van der Waals surface area contributed by atoms with E-state index in [1.54, 1.807) is 7.11 Å². The third kappa shape index (κ3) is 4.78. The van der Waals surface area contributed by atoms with E-state index in [9.17, 15) is 4.79 Å². The molecule has 1 heterocycles.